The number of aromatic amines is 1. The lowest BCUT2D eigenvalue weighted by Gasteiger charge is -2.08. The van der Waals surface area contributed by atoms with Crippen molar-refractivity contribution in [2.24, 2.45) is 0 Å². The van der Waals surface area contributed by atoms with Gasteiger partial charge in [-0.1, -0.05) is 11.6 Å². The Kier molecular flexibility index (Phi) is 3.96. The van der Waals surface area contributed by atoms with Crippen LogP contribution in [0.25, 0.3) is 0 Å². The fraction of sp³-hybridized carbons (Fsp3) is 0. The van der Waals surface area contributed by atoms with Gasteiger partial charge in [0.1, 0.15) is 5.69 Å². The number of hydrogen-bond donors (Lipinski definition) is 2. The molecule has 1 aromatic carbocycles. The average Bonchev–Trinajstić information content (AvgIpc) is 2.38. The van der Waals surface area contributed by atoms with Crippen LogP contribution in [0.1, 0.15) is 0 Å². The number of halogens is 1. The number of pyridine rings is 1. The Hall–Kier alpha value is -2.39. The number of nitrogens with one attached hydrogen (secondary N) is 2. The van der Waals surface area contributed by atoms with Crippen LogP contribution in [-0.2, 0) is 10.0 Å². The lowest BCUT2D eigenvalue weighted by Crippen LogP contribution is -2.21. The van der Waals surface area contributed by atoms with Gasteiger partial charge in [-0.05, 0) is 12.1 Å². The second-order valence-corrected chi connectivity index (χ2v) is 5.98. The first-order valence-corrected chi connectivity index (χ1v) is 7.31. The van der Waals surface area contributed by atoms with E-state index < -0.39 is 31.0 Å². The Morgan fingerprint density at radius 3 is 2.62 bits per heavy atom. The number of hydrogen-bond acceptors (Lipinski definition) is 5. The number of H-pyrrole nitrogens is 1. The zero-order valence-electron chi connectivity index (χ0n) is 10.2. The highest BCUT2D eigenvalue weighted by molar-refractivity contribution is 7.92. The van der Waals surface area contributed by atoms with Gasteiger partial charge in [0.25, 0.3) is 15.7 Å². The molecule has 1 aromatic heterocycles. The van der Waals surface area contributed by atoms with Crippen molar-refractivity contribution >= 4 is 33.0 Å². The first-order valence-electron chi connectivity index (χ1n) is 5.45. The van der Waals surface area contributed by atoms with Gasteiger partial charge in [0.15, 0.2) is 4.90 Å². The molecule has 0 unspecified atom stereocenters. The number of nitrogens with zero attached hydrogens (tertiary/aromatic N) is 1. The van der Waals surface area contributed by atoms with Crippen LogP contribution in [-0.4, -0.2) is 18.3 Å². The molecule has 0 radical (unpaired) electrons. The molecular formula is C11H8ClN3O5S. The van der Waals surface area contributed by atoms with E-state index in [4.69, 9.17) is 11.6 Å². The molecule has 0 aliphatic carbocycles. The molecule has 0 amide bonds. The van der Waals surface area contributed by atoms with Gasteiger partial charge < -0.3 is 4.98 Å². The van der Waals surface area contributed by atoms with E-state index >= 15 is 0 Å². The molecule has 0 saturated heterocycles. The molecule has 8 nitrogen and oxygen atoms in total. The van der Waals surface area contributed by atoms with Crippen molar-refractivity contribution < 1.29 is 13.3 Å². The normalized spacial score (nSPS) is 11.1. The monoisotopic (exact) mass is 329 g/mol. The van der Waals surface area contributed by atoms with Crippen LogP contribution in [0.15, 0.2) is 46.3 Å². The van der Waals surface area contributed by atoms with E-state index in [2.05, 4.69) is 4.98 Å². The minimum Gasteiger partial charge on any atom is -0.366 e. The molecule has 0 atom stereocenters. The molecule has 0 bridgehead atoms. The molecule has 21 heavy (non-hydrogen) atoms. The number of benzene rings is 1. The summed E-state index contributed by atoms with van der Waals surface area (Å²) in [5, 5.41) is 11.0. The van der Waals surface area contributed by atoms with Crippen molar-refractivity contribution in [2.75, 3.05) is 4.72 Å². The van der Waals surface area contributed by atoms with Gasteiger partial charge in [-0.3, -0.25) is 19.6 Å². The van der Waals surface area contributed by atoms with Crippen molar-refractivity contribution in [1.29, 1.82) is 0 Å². The predicted octanol–water partition coefficient (Wildman–Crippen LogP) is 1.74. The molecular weight excluding hydrogens is 322 g/mol. The minimum atomic E-state index is -4.27. The SMILES string of the molecule is O=c1cc[nH]cc1S(=O)(=O)Nc1cc(Cl)ccc1[N+](=O)[O-]. The van der Waals surface area contributed by atoms with Crippen LogP contribution in [0.2, 0.25) is 5.02 Å². The van der Waals surface area contributed by atoms with Gasteiger partial charge in [-0.2, -0.15) is 0 Å². The zero-order valence-corrected chi connectivity index (χ0v) is 11.8. The van der Waals surface area contributed by atoms with Crippen LogP contribution in [0.5, 0.6) is 0 Å². The van der Waals surface area contributed by atoms with Crippen molar-refractivity contribution in [2.45, 2.75) is 4.90 Å². The average molecular weight is 330 g/mol. The van der Waals surface area contributed by atoms with Gasteiger partial charge in [0.2, 0.25) is 5.43 Å². The molecule has 2 N–H and O–H groups in total. The van der Waals surface area contributed by atoms with Crippen LogP contribution >= 0.6 is 11.6 Å². The van der Waals surface area contributed by atoms with Crippen LogP contribution < -0.4 is 10.2 Å². The molecule has 2 aromatic rings. The lowest BCUT2D eigenvalue weighted by molar-refractivity contribution is -0.383. The maximum Gasteiger partial charge on any atom is 0.293 e. The highest BCUT2D eigenvalue weighted by Gasteiger charge is 2.23. The summed E-state index contributed by atoms with van der Waals surface area (Å²) in [6.07, 6.45) is 2.25. The van der Waals surface area contributed by atoms with Gasteiger partial charge in [0.05, 0.1) is 4.92 Å². The predicted molar refractivity (Wildman–Crippen MR) is 76.0 cm³/mol. The van der Waals surface area contributed by atoms with Crippen molar-refractivity contribution in [3.8, 4) is 0 Å². The van der Waals surface area contributed by atoms with E-state index in [0.29, 0.717) is 0 Å². The Balaban J connectivity index is 2.52. The highest BCUT2D eigenvalue weighted by atomic mass is 35.5. The minimum absolute atomic E-state index is 0.111. The molecule has 1 heterocycles. The summed E-state index contributed by atoms with van der Waals surface area (Å²) < 4.78 is 26.2. The summed E-state index contributed by atoms with van der Waals surface area (Å²) >= 11 is 5.70. The van der Waals surface area contributed by atoms with E-state index in [9.17, 15) is 23.3 Å². The van der Waals surface area contributed by atoms with E-state index in [0.717, 1.165) is 24.4 Å². The fourth-order valence-corrected chi connectivity index (χ4v) is 2.85. The van der Waals surface area contributed by atoms with Crippen molar-refractivity contribution in [3.05, 3.63) is 62.0 Å². The Morgan fingerprint density at radius 1 is 1.29 bits per heavy atom. The number of anilines is 1. The largest absolute Gasteiger partial charge is 0.366 e. The number of sulfonamides is 1. The summed E-state index contributed by atoms with van der Waals surface area (Å²) in [4.78, 5) is 23.6. The second-order valence-electron chi connectivity index (χ2n) is 3.90. The smallest absolute Gasteiger partial charge is 0.293 e. The topological polar surface area (TPSA) is 122 Å². The number of nitro groups is 1. The van der Waals surface area contributed by atoms with Gasteiger partial charge in [-0.25, -0.2) is 8.42 Å². The van der Waals surface area contributed by atoms with E-state index in [-0.39, 0.29) is 10.7 Å². The summed E-state index contributed by atoms with van der Waals surface area (Å²) in [5.41, 5.74) is -1.54. The molecule has 0 saturated carbocycles. The molecule has 10 heteroatoms. The second kappa shape index (κ2) is 5.54. The standard InChI is InChI=1S/C11H8ClN3O5S/c12-7-1-2-9(15(17)18)8(5-7)14-21(19,20)11-6-13-4-3-10(11)16/h1-6,14H,(H,13,16). The maximum atomic E-state index is 12.1. The quantitative estimate of drug-likeness (QED) is 0.653. The molecule has 110 valence electrons. The third-order valence-electron chi connectivity index (χ3n) is 2.48. The number of nitro benzene ring substituents is 1. The summed E-state index contributed by atoms with van der Waals surface area (Å²) in [7, 11) is -4.27. The third-order valence-corrected chi connectivity index (χ3v) is 4.10. The number of aromatic nitrogens is 1. The molecule has 2 rings (SSSR count). The van der Waals surface area contributed by atoms with E-state index in [1.807, 2.05) is 4.72 Å². The Morgan fingerprint density at radius 2 is 2.00 bits per heavy atom. The lowest BCUT2D eigenvalue weighted by atomic mass is 10.3. The van der Waals surface area contributed by atoms with Gasteiger partial charge in [-0.15, -0.1) is 0 Å². The summed E-state index contributed by atoms with van der Waals surface area (Å²) in [5.74, 6) is 0. The number of rotatable bonds is 4. The highest BCUT2D eigenvalue weighted by Crippen LogP contribution is 2.29. The molecule has 0 aliphatic heterocycles. The van der Waals surface area contributed by atoms with E-state index in [1.165, 1.54) is 12.3 Å². The van der Waals surface area contributed by atoms with Crippen molar-refractivity contribution in [3.63, 3.8) is 0 Å². The van der Waals surface area contributed by atoms with Crippen LogP contribution in [0.4, 0.5) is 11.4 Å². The first-order chi connectivity index (χ1) is 9.81. The van der Waals surface area contributed by atoms with Gasteiger partial charge in [0, 0.05) is 29.5 Å². The molecule has 0 aliphatic rings. The van der Waals surface area contributed by atoms with Crippen LogP contribution in [0, 0.1) is 10.1 Å². The van der Waals surface area contributed by atoms with Crippen LogP contribution in [0.3, 0.4) is 0 Å². The third kappa shape index (κ3) is 3.20. The first kappa shape index (κ1) is 15.0. The summed E-state index contributed by atoms with van der Waals surface area (Å²) in [6, 6.07) is 4.44. The maximum absolute atomic E-state index is 12.1. The molecule has 0 fully saturated rings. The Labute approximate surface area is 123 Å². The fourth-order valence-electron chi connectivity index (χ4n) is 1.56. The zero-order chi connectivity index (χ0) is 15.6. The molecule has 0 spiro atoms. The Bertz CT molecular complexity index is 862. The summed E-state index contributed by atoms with van der Waals surface area (Å²) in [6.45, 7) is 0. The van der Waals surface area contributed by atoms with E-state index in [1.54, 1.807) is 0 Å². The van der Waals surface area contributed by atoms with Crippen molar-refractivity contribution in [1.82, 2.24) is 4.98 Å². The van der Waals surface area contributed by atoms with Gasteiger partial charge >= 0.3 is 0 Å².